The molecule has 3 rings (SSSR count). The summed E-state index contributed by atoms with van der Waals surface area (Å²) < 4.78 is 5.30. The molecule has 7 heteroatoms. The van der Waals surface area contributed by atoms with Crippen molar-refractivity contribution in [1.29, 1.82) is 0 Å². The number of carbonyl (C=O) groups is 2. The van der Waals surface area contributed by atoms with Gasteiger partial charge in [0.15, 0.2) is 0 Å². The zero-order valence-corrected chi connectivity index (χ0v) is 19.3. The molecule has 0 saturated carbocycles. The van der Waals surface area contributed by atoms with Crippen molar-refractivity contribution >= 4 is 11.8 Å². The van der Waals surface area contributed by atoms with E-state index in [4.69, 9.17) is 4.74 Å². The van der Waals surface area contributed by atoms with Crippen LogP contribution in [0.3, 0.4) is 0 Å². The minimum absolute atomic E-state index is 0.0215. The fourth-order valence-electron chi connectivity index (χ4n) is 4.18. The maximum absolute atomic E-state index is 13.1. The summed E-state index contributed by atoms with van der Waals surface area (Å²) in [4.78, 5) is 33.5. The minimum Gasteiger partial charge on any atom is -0.497 e. The number of hydrogen-bond acceptors (Lipinski definition) is 5. The third-order valence-corrected chi connectivity index (χ3v) is 6.04. The Bertz CT molecular complexity index is 890. The van der Waals surface area contributed by atoms with Gasteiger partial charge in [-0.3, -0.25) is 14.6 Å². The second kappa shape index (κ2) is 11.6. The molecular formula is C25H34N4O3. The van der Waals surface area contributed by atoms with Gasteiger partial charge < -0.3 is 19.9 Å². The van der Waals surface area contributed by atoms with Crippen LogP contribution < -0.4 is 10.1 Å². The van der Waals surface area contributed by atoms with Gasteiger partial charge in [0.05, 0.1) is 7.11 Å². The van der Waals surface area contributed by atoms with Crippen molar-refractivity contribution in [1.82, 2.24) is 20.1 Å². The molecule has 0 bridgehead atoms. The van der Waals surface area contributed by atoms with Crippen molar-refractivity contribution < 1.29 is 14.3 Å². The SMILES string of the molecule is COc1cccc(CN[C@@H]2CCC[C@@H](C(=O)N(C)Cc3cccnc3)CC(=O)N(C)C2)c1. The van der Waals surface area contributed by atoms with Crippen molar-refractivity contribution in [2.75, 3.05) is 27.7 Å². The Kier molecular flexibility index (Phi) is 8.62. The van der Waals surface area contributed by atoms with Gasteiger partial charge in [-0.2, -0.15) is 0 Å². The van der Waals surface area contributed by atoms with Crippen LogP contribution in [0.2, 0.25) is 0 Å². The average molecular weight is 439 g/mol. The summed E-state index contributed by atoms with van der Waals surface area (Å²) in [5.74, 6) is 0.596. The highest BCUT2D eigenvalue weighted by Crippen LogP contribution is 2.21. The molecule has 0 radical (unpaired) electrons. The molecule has 1 N–H and O–H groups in total. The van der Waals surface area contributed by atoms with Gasteiger partial charge in [-0.05, 0) is 42.2 Å². The number of nitrogens with one attached hydrogen (secondary N) is 1. The van der Waals surface area contributed by atoms with Crippen LogP contribution in [-0.2, 0) is 22.7 Å². The van der Waals surface area contributed by atoms with Crippen LogP contribution in [0.5, 0.6) is 5.75 Å². The second-order valence-corrected chi connectivity index (χ2v) is 8.59. The van der Waals surface area contributed by atoms with Crippen molar-refractivity contribution in [3.05, 3.63) is 59.9 Å². The van der Waals surface area contributed by atoms with E-state index in [1.807, 2.05) is 37.4 Å². The van der Waals surface area contributed by atoms with Crippen molar-refractivity contribution in [2.45, 2.75) is 44.8 Å². The van der Waals surface area contributed by atoms with E-state index in [-0.39, 0.29) is 30.2 Å². The minimum atomic E-state index is -0.288. The molecule has 2 aromatic rings. The van der Waals surface area contributed by atoms with Crippen LogP contribution >= 0.6 is 0 Å². The zero-order chi connectivity index (χ0) is 22.9. The Morgan fingerprint density at radius 2 is 2.06 bits per heavy atom. The predicted octanol–water partition coefficient (Wildman–Crippen LogP) is 2.86. The van der Waals surface area contributed by atoms with Crippen LogP contribution in [0.1, 0.15) is 36.8 Å². The van der Waals surface area contributed by atoms with Gasteiger partial charge in [0.1, 0.15) is 5.75 Å². The van der Waals surface area contributed by atoms with Crippen molar-refractivity contribution in [2.24, 2.45) is 5.92 Å². The lowest BCUT2D eigenvalue weighted by atomic mass is 9.95. The fourth-order valence-corrected chi connectivity index (χ4v) is 4.18. The molecule has 2 amide bonds. The lowest BCUT2D eigenvalue weighted by molar-refractivity contribution is -0.140. The molecule has 0 unspecified atom stereocenters. The molecule has 1 aliphatic heterocycles. The molecule has 1 saturated heterocycles. The quantitative estimate of drug-likeness (QED) is 0.720. The Labute approximate surface area is 190 Å². The molecule has 1 aromatic heterocycles. The lowest BCUT2D eigenvalue weighted by Crippen LogP contribution is -2.42. The van der Waals surface area contributed by atoms with E-state index >= 15 is 0 Å². The second-order valence-electron chi connectivity index (χ2n) is 8.59. The van der Waals surface area contributed by atoms with Crippen LogP contribution in [-0.4, -0.2) is 60.4 Å². The van der Waals surface area contributed by atoms with Gasteiger partial charge in [-0.25, -0.2) is 0 Å². The van der Waals surface area contributed by atoms with Crippen LogP contribution in [0.15, 0.2) is 48.8 Å². The Morgan fingerprint density at radius 1 is 1.25 bits per heavy atom. The van der Waals surface area contributed by atoms with Crippen LogP contribution in [0.4, 0.5) is 0 Å². The standard InChI is InChI=1S/C25H34N4O3/c1-28-18-22(27-16-19-7-4-11-23(13-19)32-3)10-5-9-21(14-24(28)30)25(31)29(2)17-20-8-6-12-26-15-20/h4,6-8,11-13,15,21-22,27H,5,9-10,14,16-18H2,1-3H3/t21-,22-/m1/s1. The van der Waals surface area contributed by atoms with Gasteiger partial charge >= 0.3 is 0 Å². The van der Waals surface area contributed by atoms with Crippen molar-refractivity contribution in [3.8, 4) is 5.75 Å². The van der Waals surface area contributed by atoms with E-state index in [1.165, 1.54) is 0 Å². The number of pyridine rings is 1. The van der Waals surface area contributed by atoms with Crippen LogP contribution in [0, 0.1) is 5.92 Å². The predicted molar refractivity (Wildman–Crippen MR) is 124 cm³/mol. The average Bonchev–Trinajstić information content (AvgIpc) is 2.87. The highest BCUT2D eigenvalue weighted by Gasteiger charge is 2.28. The first-order valence-corrected chi connectivity index (χ1v) is 11.2. The molecule has 32 heavy (non-hydrogen) atoms. The fraction of sp³-hybridized carbons (Fsp3) is 0.480. The summed E-state index contributed by atoms with van der Waals surface area (Å²) in [6.07, 6.45) is 6.27. The summed E-state index contributed by atoms with van der Waals surface area (Å²) in [5.41, 5.74) is 2.12. The zero-order valence-electron chi connectivity index (χ0n) is 19.3. The van der Waals surface area contributed by atoms with Gasteiger partial charge in [0, 0.05) is 64.5 Å². The summed E-state index contributed by atoms with van der Waals surface area (Å²) in [5, 5.41) is 3.58. The van der Waals surface area contributed by atoms with Gasteiger partial charge in [-0.1, -0.05) is 24.6 Å². The molecule has 7 nitrogen and oxygen atoms in total. The number of benzene rings is 1. The smallest absolute Gasteiger partial charge is 0.226 e. The summed E-state index contributed by atoms with van der Waals surface area (Å²) >= 11 is 0. The van der Waals surface area contributed by atoms with Crippen molar-refractivity contribution in [3.63, 3.8) is 0 Å². The monoisotopic (exact) mass is 438 g/mol. The molecular weight excluding hydrogens is 404 g/mol. The topological polar surface area (TPSA) is 74.8 Å². The molecule has 0 aliphatic carbocycles. The first kappa shape index (κ1) is 23.7. The summed E-state index contributed by atoms with van der Waals surface area (Å²) in [7, 11) is 5.29. The molecule has 1 aromatic carbocycles. The first-order valence-electron chi connectivity index (χ1n) is 11.2. The number of hydrogen-bond donors (Lipinski definition) is 1. The summed E-state index contributed by atoms with van der Waals surface area (Å²) in [6, 6.07) is 12.0. The maximum Gasteiger partial charge on any atom is 0.226 e. The normalized spacial score (nSPS) is 19.6. The number of ether oxygens (including phenoxy) is 1. The van der Waals surface area contributed by atoms with E-state index in [0.29, 0.717) is 26.1 Å². The molecule has 1 aliphatic rings. The molecule has 1 fully saturated rings. The van der Waals surface area contributed by atoms with Gasteiger partial charge in [0.25, 0.3) is 0 Å². The number of carbonyl (C=O) groups excluding carboxylic acids is 2. The third kappa shape index (κ3) is 6.79. The number of amides is 2. The maximum atomic E-state index is 13.1. The number of rotatable bonds is 7. The summed E-state index contributed by atoms with van der Waals surface area (Å²) in [6.45, 7) is 1.84. The van der Waals surface area contributed by atoms with E-state index in [2.05, 4.69) is 16.4 Å². The highest BCUT2D eigenvalue weighted by molar-refractivity contribution is 5.85. The number of methoxy groups -OCH3 is 1. The third-order valence-electron chi connectivity index (χ3n) is 6.04. The van der Waals surface area contributed by atoms with Gasteiger partial charge in [-0.15, -0.1) is 0 Å². The van der Waals surface area contributed by atoms with E-state index < -0.39 is 0 Å². The van der Waals surface area contributed by atoms with E-state index in [1.54, 1.807) is 36.4 Å². The Balaban J connectivity index is 1.58. The molecule has 2 heterocycles. The Morgan fingerprint density at radius 3 is 2.81 bits per heavy atom. The van der Waals surface area contributed by atoms with Crippen LogP contribution in [0.25, 0.3) is 0 Å². The van der Waals surface area contributed by atoms with Gasteiger partial charge in [0.2, 0.25) is 11.8 Å². The first-order chi connectivity index (χ1) is 15.5. The highest BCUT2D eigenvalue weighted by atomic mass is 16.5. The number of nitrogens with zero attached hydrogens (tertiary/aromatic N) is 3. The molecule has 172 valence electrons. The lowest BCUT2D eigenvalue weighted by Gasteiger charge is -2.25. The largest absolute Gasteiger partial charge is 0.497 e. The number of likely N-dealkylation sites (N-methyl/N-ethyl adjacent to an activating group) is 1. The molecule has 0 spiro atoms. The van der Waals surface area contributed by atoms with E-state index in [9.17, 15) is 9.59 Å². The van der Waals surface area contributed by atoms with E-state index in [0.717, 1.165) is 29.7 Å². The molecule has 2 atom stereocenters. The Hall–Kier alpha value is -2.93. The number of aromatic nitrogens is 1.